The summed E-state index contributed by atoms with van der Waals surface area (Å²) < 4.78 is 0. The van der Waals surface area contributed by atoms with Gasteiger partial charge in [-0.3, -0.25) is 9.69 Å². The van der Waals surface area contributed by atoms with Gasteiger partial charge in [-0.2, -0.15) is 4.99 Å². The number of rotatable bonds is 5. The molecule has 1 aromatic carbocycles. The fraction of sp³-hybridized carbons (Fsp3) is 0.375. The highest BCUT2D eigenvalue weighted by molar-refractivity contribution is 6.36. The maximum atomic E-state index is 11.8. The smallest absolute Gasteiger partial charge is 0.261 e. The molecule has 1 amide bonds. The van der Waals surface area contributed by atoms with E-state index in [0.717, 1.165) is 31.6 Å². The summed E-state index contributed by atoms with van der Waals surface area (Å²) in [5.41, 5.74) is 7.24. The number of anilines is 1. The van der Waals surface area contributed by atoms with Crippen LogP contribution < -0.4 is 11.1 Å². The minimum atomic E-state index is -0.224. The van der Waals surface area contributed by atoms with Gasteiger partial charge in [0.15, 0.2) is 0 Å². The maximum Gasteiger partial charge on any atom is 0.261 e. The molecule has 0 aliphatic carbocycles. The zero-order valence-electron chi connectivity index (χ0n) is 13.0. The Kier molecular flexibility index (Phi) is 6.45. The molecule has 1 aliphatic rings. The maximum absolute atomic E-state index is 11.8. The summed E-state index contributed by atoms with van der Waals surface area (Å²) in [6, 6.07) is 5.16. The zero-order valence-corrected chi connectivity index (χ0v) is 14.5. The summed E-state index contributed by atoms with van der Waals surface area (Å²) >= 11 is 12.0. The Bertz CT molecular complexity index is 637. The summed E-state index contributed by atoms with van der Waals surface area (Å²) in [6.45, 7) is 4.04. The standard InChI is InChI=1S/C16H20Cl2N4O/c1-11(20-14-5-4-12(17)9-13(14)18)8-15(19)21-16(23)10-22-6-2-3-7-22/h4-5,8-9,20H,2-3,6-7,10H2,1H3,(H2,19,21,23)/b11-8-. The second-order valence-corrected chi connectivity index (χ2v) is 6.33. The van der Waals surface area contributed by atoms with E-state index in [2.05, 4.69) is 15.2 Å². The van der Waals surface area contributed by atoms with Gasteiger partial charge in [0, 0.05) is 10.7 Å². The molecule has 1 fully saturated rings. The Morgan fingerprint density at radius 1 is 1.39 bits per heavy atom. The van der Waals surface area contributed by atoms with E-state index < -0.39 is 0 Å². The van der Waals surface area contributed by atoms with E-state index in [1.807, 2.05) is 6.92 Å². The fourth-order valence-corrected chi connectivity index (χ4v) is 2.86. The van der Waals surface area contributed by atoms with Crippen LogP contribution in [0.2, 0.25) is 10.0 Å². The summed E-state index contributed by atoms with van der Waals surface area (Å²) in [6.07, 6.45) is 3.88. The summed E-state index contributed by atoms with van der Waals surface area (Å²) in [7, 11) is 0. The van der Waals surface area contributed by atoms with Crippen LogP contribution in [-0.2, 0) is 4.79 Å². The van der Waals surface area contributed by atoms with Gasteiger partial charge in [0.1, 0.15) is 5.84 Å². The molecule has 0 radical (unpaired) electrons. The number of halogens is 2. The predicted octanol–water partition coefficient (Wildman–Crippen LogP) is 3.29. The minimum Gasteiger partial charge on any atom is -0.384 e. The van der Waals surface area contributed by atoms with Crippen molar-refractivity contribution in [1.82, 2.24) is 4.90 Å². The lowest BCUT2D eigenvalue weighted by Gasteiger charge is -2.11. The molecule has 5 nitrogen and oxygen atoms in total. The largest absolute Gasteiger partial charge is 0.384 e. The molecule has 0 bridgehead atoms. The third-order valence-electron chi connectivity index (χ3n) is 3.44. The second kappa shape index (κ2) is 8.34. The van der Waals surface area contributed by atoms with E-state index >= 15 is 0 Å². The Morgan fingerprint density at radius 2 is 2.09 bits per heavy atom. The van der Waals surface area contributed by atoms with Crippen molar-refractivity contribution >= 4 is 40.6 Å². The highest BCUT2D eigenvalue weighted by atomic mass is 35.5. The Morgan fingerprint density at radius 3 is 2.74 bits per heavy atom. The number of carbonyl (C=O) groups excluding carboxylic acids is 1. The van der Waals surface area contributed by atoms with Crippen LogP contribution in [0.4, 0.5) is 5.69 Å². The van der Waals surface area contributed by atoms with Gasteiger partial charge in [0.25, 0.3) is 5.91 Å². The van der Waals surface area contributed by atoms with Crippen LogP contribution in [0.3, 0.4) is 0 Å². The van der Waals surface area contributed by atoms with E-state index in [9.17, 15) is 4.79 Å². The molecular formula is C16H20Cl2N4O. The number of allylic oxidation sites excluding steroid dienone is 1. The fourth-order valence-electron chi connectivity index (χ4n) is 2.40. The van der Waals surface area contributed by atoms with Crippen molar-refractivity contribution < 1.29 is 4.79 Å². The summed E-state index contributed by atoms with van der Waals surface area (Å²) in [4.78, 5) is 17.8. The summed E-state index contributed by atoms with van der Waals surface area (Å²) in [5, 5.41) is 4.17. The lowest BCUT2D eigenvalue weighted by atomic mass is 10.3. The van der Waals surface area contributed by atoms with Crippen LogP contribution in [-0.4, -0.2) is 36.3 Å². The van der Waals surface area contributed by atoms with E-state index in [0.29, 0.717) is 22.3 Å². The number of nitrogens with two attached hydrogens (primary N) is 1. The molecule has 2 rings (SSSR count). The highest BCUT2D eigenvalue weighted by Crippen LogP contribution is 2.26. The lowest BCUT2D eigenvalue weighted by Crippen LogP contribution is -2.27. The van der Waals surface area contributed by atoms with Crippen LogP contribution in [0.25, 0.3) is 0 Å². The molecule has 0 spiro atoms. The second-order valence-electron chi connectivity index (χ2n) is 5.49. The average Bonchev–Trinajstić information content (AvgIpc) is 2.94. The van der Waals surface area contributed by atoms with Crippen LogP contribution >= 0.6 is 23.2 Å². The molecule has 0 aromatic heterocycles. The minimum absolute atomic E-state index is 0.171. The molecular weight excluding hydrogens is 335 g/mol. The van der Waals surface area contributed by atoms with Gasteiger partial charge in [-0.25, -0.2) is 0 Å². The van der Waals surface area contributed by atoms with Crippen molar-refractivity contribution in [2.45, 2.75) is 19.8 Å². The highest BCUT2D eigenvalue weighted by Gasteiger charge is 2.14. The Hall–Kier alpha value is -1.56. The Labute approximate surface area is 146 Å². The number of hydrogen-bond donors (Lipinski definition) is 2. The topological polar surface area (TPSA) is 70.7 Å². The van der Waals surface area contributed by atoms with Crippen molar-refractivity contribution in [3.8, 4) is 0 Å². The molecule has 7 heteroatoms. The van der Waals surface area contributed by atoms with E-state index in [1.54, 1.807) is 24.3 Å². The number of amides is 1. The van der Waals surface area contributed by atoms with Crippen LogP contribution in [0, 0.1) is 0 Å². The number of likely N-dealkylation sites (tertiary alicyclic amines) is 1. The monoisotopic (exact) mass is 354 g/mol. The van der Waals surface area contributed by atoms with Crippen LogP contribution in [0.1, 0.15) is 19.8 Å². The van der Waals surface area contributed by atoms with Gasteiger partial charge in [-0.15, -0.1) is 0 Å². The molecule has 0 unspecified atom stereocenters. The molecule has 1 heterocycles. The summed E-state index contributed by atoms with van der Waals surface area (Å²) in [5.74, 6) is -0.0535. The molecule has 1 saturated heterocycles. The number of benzene rings is 1. The molecule has 1 aliphatic heterocycles. The number of carbonyl (C=O) groups is 1. The quantitative estimate of drug-likeness (QED) is 0.628. The van der Waals surface area contributed by atoms with Gasteiger partial charge < -0.3 is 11.1 Å². The first-order valence-electron chi connectivity index (χ1n) is 7.44. The van der Waals surface area contributed by atoms with Gasteiger partial charge in [0.2, 0.25) is 0 Å². The molecule has 1 aromatic rings. The SMILES string of the molecule is C/C(=C/C(N)=NC(=O)CN1CCCC1)Nc1ccc(Cl)cc1Cl. The first kappa shape index (κ1) is 17.8. The van der Waals surface area contributed by atoms with Crippen molar-refractivity contribution in [3.63, 3.8) is 0 Å². The zero-order chi connectivity index (χ0) is 16.8. The van der Waals surface area contributed by atoms with E-state index in [-0.39, 0.29) is 11.7 Å². The van der Waals surface area contributed by atoms with Crippen LogP contribution in [0.15, 0.2) is 35.0 Å². The molecule has 0 atom stereocenters. The van der Waals surface area contributed by atoms with Gasteiger partial charge >= 0.3 is 0 Å². The normalized spacial score (nSPS) is 16.7. The Balaban J connectivity index is 1.95. The third kappa shape index (κ3) is 5.86. The van der Waals surface area contributed by atoms with E-state index in [1.165, 1.54) is 0 Å². The molecule has 124 valence electrons. The lowest BCUT2D eigenvalue weighted by molar-refractivity contribution is -0.118. The number of aliphatic imine (C=N–C) groups is 1. The number of nitrogens with zero attached hydrogens (tertiary/aromatic N) is 2. The first-order valence-corrected chi connectivity index (χ1v) is 8.19. The number of amidine groups is 1. The van der Waals surface area contributed by atoms with Gasteiger partial charge in [-0.1, -0.05) is 23.2 Å². The third-order valence-corrected chi connectivity index (χ3v) is 3.99. The number of nitrogens with one attached hydrogen (secondary N) is 1. The van der Waals surface area contributed by atoms with Crippen molar-refractivity contribution in [3.05, 3.63) is 40.0 Å². The van der Waals surface area contributed by atoms with E-state index in [4.69, 9.17) is 28.9 Å². The van der Waals surface area contributed by atoms with Crippen molar-refractivity contribution in [2.24, 2.45) is 10.7 Å². The molecule has 0 saturated carbocycles. The predicted molar refractivity (Wildman–Crippen MR) is 96.1 cm³/mol. The molecule has 3 N–H and O–H groups in total. The van der Waals surface area contributed by atoms with Gasteiger partial charge in [0.05, 0.1) is 17.3 Å². The number of hydrogen-bond acceptors (Lipinski definition) is 3. The average molecular weight is 355 g/mol. The van der Waals surface area contributed by atoms with Gasteiger partial charge in [-0.05, 0) is 57.1 Å². The molecule has 23 heavy (non-hydrogen) atoms. The van der Waals surface area contributed by atoms with Crippen molar-refractivity contribution in [1.29, 1.82) is 0 Å². The first-order chi connectivity index (χ1) is 10.9. The van der Waals surface area contributed by atoms with Crippen molar-refractivity contribution in [2.75, 3.05) is 25.0 Å². The van der Waals surface area contributed by atoms with Crippen LogP contribution in [0.5, 0.6) is 0 Å².